The number of anilines is 1. The van der Waals surface area contributed by atoms with Gasteiger partial charge in [-0.05, 0) is 24.3 Å². The molecule has 33 heavy (non-hydrogen) atoms. The van der Waals surface area contributed by atoms with Crippen LogP contribution in [0.1, 0.15) is 21.8 Å². The summed E-state index contributed by atoms with van der Waals surface area (Å²) in [5.41, 5.74) is 6.93. The second-order valence-electron chi connectivity index (χ2n) is 7.46. The Kier molecular flexibility index (Phi) is 5.59. The number of ether oxygens (including phenoxy) is 2. The number of nitrogens with zero attached hydrogens (tertiary/aromatic N) is 1. The first kappa shape index (κ1) is 22.7. The molecule has 0 radical (unpaired) electrons. The number of carbonyl (C=O) groups excluding carboxylic acids is 3. The second kappa shape index (κ2) is 8.13. The van der Waals surface area contributed by atoms with Crippen molar-refractivity contribution < 1.29 is 33.8 Å². The summed E-state index contributed by atoms with van der Waals surface area (Å²) in [7, 11) is 1.43. The van der Waals surface area contributed by atoms with Crippen molar-refractivity contribution in [3.63, 3.8) is 0 Å². The Morgan fingerprint density at radius 2 is 1.88 bits per heavy atom. The summed E-state index contributed by atoms with van der Waals surface area (Å²) in [6, 6.07) is 10.6. The normalized spacial score (nSPS) is 23.2. The van der Waals surface area contributed by atoms with Crippen LogP contribution < -0.4 is 20.1 Å². The van der Waals surface area contributed by atoms with Crippen LogP contribution in [0.2, 0.25) is 0 Å². The zero-order chi connectivity index (χ0) is 22.7. The van der Waals surface area contributed by atoms with Crippen molar-refractivity contribution in [1.82, 2.24) is 0 Å². The molecule has 2 amide bonds. The van der Waals surface area contributed by atoms with Gasteiger partial charge in [-0.25, -0.2) is 14.5 Å². The van der Waals surface area contributed by atoms with E-state index in [0.717, 1.165) is 16.7 Å². The molecule has 3 atom stereocenters. The van der Waals surface area contributed by atoms with Crippen LogP contribution >= 0.6 is 24.2 Å². The van der Waals surface area contributed by atoms with Crippen molar-refractivity contribution in [2.45, 2.75) is 11.2 Å². The van der Waals surface area contributed by atoms with E-state index in [9.17, 15) is 24.3 Å². The van der Waals surface area contributed by atoms with E-state index < -0.39 is 40.8 Å². The molecule has 3 heterocycles. The van der Waals surface area contributed by atoms with Crippen molar-refractivity contribution in [3.05, 3.63) is 64.2 Å². The van der Waals surface area contributed by atoms with Gasteiger partial charge in [-0.3, -0.25) is 9.59 Å². The summed E-state index contributed by atoms with van der Waals surface area (Å²) >= 11 is 0.949. The summed E-state index contributed by atoms with van der Waals surface area (Å²) in [5.74, 6) is -4.11. The molecule has 3 unspecified atom stereocenters. The molecule has 3 N–H and O–H groups in total. The Morgan fingerprint density at radius 3 is 2.58 bits per heavy atom. The predicted molar refractivity (Wildman–Crippen MR) is 121 cm³/mol. The smallest absolute Gasteiger partial charge is 0.342 e. The van der Waals surface area contributed by atoms with Crippen LogP contribution in [-0.4, -0.2) is 41.2 Å². The van der Waals surface area contributed by atoms with Gasteiger partial charge in [-0.1, -0.05) is 30.0 Å². The fourth-order valence-corrected chi connectivity index (χ4v) is 5.68. The number of halogens is 1. The largest absolute Gasteiger partial charge is 0.493 e. The molecule has 9 nitrogen and oxygen atoms in total. The summed E-state index contributed by atoms with van der Waals surface area (Å²) in [6.07, 6.45) is 0. The van der Waals surface area contributed by atoms with Crippen LogP contribution in [0, 0.1) is 5.92 Å². The quantitative estimate of drug-likeness (QED) is 0.378. The van der Waals surface area contributed by atoms with Gasteiger partial charge in [0.05, 0.1) is 34.9 Å². The number of imide groups is 1. The number of fused-ring (bicyclic) bond motifs is 5. The molecule has 0 spiro atoms. The molecule has 0 bridgehead atoms. The molecule has 3 aliphatic heterocycles. The summed E-state index contributed by atoms with van der Waals surface area (Å²) in [6.45, 7) is 0. The Morgan fingerprint density at radius 1 is 1.15 bits per heavy atom. The van der Waals surface area contributed by atoms with Crippen molar-refractivity contribution >= 4 is 53.6 Å². The molecule has 0 aliphatic carbocycles. The molecule has 3 aliphatic rings. The topological polar surface area (TPSA) is 136 Å². The van der Waals surface area contributed by atoms with E-state index in [4.69, 9.17) is 15.2 Å². The predicted octanol–water partition coefficient (Wildman–Crippen LogP) is 2.29. The van der Waals surface area contributed by atoms with Crippen LogP contribution in [0.25, 0.3) is 0 Å². The summed E-state index contributed by atoms with van der Waals surface area (Å²) in [4.78, 5) is 52.0. The lowest BCUT2D eigenvalue weighted by Gasteiger charge is -2.36. The van der Waals surface area contributed by atoms with E-state index in [1.165, 1.54) is 31.4 Å². The molecule has 0 aromatic heterocycles. The van der Waals surface area contributed by atoms with Gasteiger partial charge in [0.15, 0.2) is 11.5 Å². The molecular formula is C22H17ClN2O7S. The maximum Gasteiger partial charge on any atom is 0.342 e. The van der Waals surface area contributed by atoms with Crippen molar-refractivity contribution in [3.8, 4) is 11.5 Å². The van der Waals surface area contributed by atoms with E-state index in [2.05, 4.69) is 0 Å². The minimum absolute atomic E-state index is 0. The molecule has 5 rings (SSSR count). The van der Waals surface area contributed by atoms with Crippen molar-refractivity contribution in [2.75, 3.05) is 12.0 Å². The average molecular weight is 489 g/mol. The van der Waals surface area contributed by atoms with Crippen molar-refractivity contribution in [2.24, 2.45) is 11.7 Å². The maximum absolute atomic E-state index is 13.6. The highest BCUT2D eigenvalue weighted by molar-refractivity contribution is 8.04. The Labute approximate surface area is 197 Å². The van der Waals surface area contributed by atoms with Crippen LogP contribution in [0.15, 0.2) is 53.1 Å². The first-order chi connectivity index (χ1) is 15.3. The lowest BCUT2D eigenvalue weighted by molar-refractivity contribution is -0.132. The van der Waals surface area contributed by atoms with E-state index in [-0.39, 0.29) is 40.0 Å². The summed E-state index contributed by atoms with van der Waals surface area (Å²) < 4.78 is 10.8. The van der Waals surface area contributed by atoms with Gasteiger partial charge in [0.25, 0.3) is 0 Å². The van der Waals surface area contributed by atoms with Gasteiger partial charge in [-0.15, -0.1) is 12.4 Å². The third kappa shape index (κ3) is 3.25. The monoisotopic (exact) mass is 488 g/mol. The number of hydrogen-bond acceptors (Lipinski definition) is 8. The molecule has 2 aromatic carbocycles. The highest BCUT2D eigenvalue weighted by Gasteiger charge is 2.58. The van der Waals surface area contributed by atoms with Gasteiger partial charge in [-0.2, -0.15) is 0 Å². The van der Waals surface area contributed by atoms with E-state index in [1.807, 2.05) is 0 Å². The van der Waals surface area contributed by atoms with Gasteiger partial charge in [0.2, 0.25) is 11.8 Å². The number of rotatable bonds is 3. The van der Waals surface area contributed by atoms with Gasteiger partial charge in [0.1, 0.15) is 5.25 Å². The van der Waals surface area contributed by atoms with Crippen LogP contribution in [0.3, 0.4) is 0 Å². The molecule has 1 fully saturated rings. The third-order valence-corrected chi connectivity index (χ3v) is 7.04. The number of benzene rings is 2. The highest BCUT2D eigenvalue weighted by Crippen LogP contribution is 2.55. The van der Waals surface area contributed by atoms with Crippen LogP contribution in [0.4, 0.5) is 5.69 Å². The number of carbonyl (C=O) groups is 4. The lowest BCUT2D eigenvalue weighted by Crippen LogP contribution is -2.39. The number of para-hydroxylation sites is 1. The number of nitrogens with two attached hydrogens (primary N) is 1. The SMILES string of the molecule is COc1cccc2c1OC(=O)C1=C(N)SC3C(=O)N(c4cccc(C(=O)O)c4)C(=O)C3C12.Cl. The Balaban J connectivity index is 0.00000259. The molecule has 1 saturated heterocycles. The van der Waals surface area contributed by atoms with Gasteiger partial charge in [0, 0.05) is 11.5 Å². The van der Waals surface area contributed by atoms with Crippen molar-refractivity contribution in [1.29, 1.82) is 0 Å². The number of carboxylic acid groups (broad SMARTS) is 1. The van der Waals surface area contributed by atoms with E-state index in [0.29, 0.717) is 11.3 Å². The minimum atomic E-state index is -1.18. The molecular weight excluding hydrogens is 472 g/mol. The standard InChI is InChI=1S/C22H16N2O7S.ClH/c1-30-12-7-3-6-11-13-14-17(32-18(23)15(13)22(29)31-16(11)12)20(26)24(19(14)25)10-5-2-4-9(8-10)21(27)28;/h2-8,13-14,17H,23H2,1H3,(H,27,28);1H. The highest BCUT2D eigenvalue weighted by atomic mass is 35.5. The first-order valence-corrected chi connectivity index (χ1v) is 10.5. The number of esters is 1. The average Bonchev–Trinajstić information content (AvgIpc) is 3.02. The zero-order valence-electron chi connectivity index (χ0n) is 17.0. The Bertz CT molecular complexity index is 1260. The number of aromatic carboxylic acids is 1. The maximum atomic E-state index is 13.6. The lowest BCUT2D eigenvalue weighted by atomic mass is 9.77. The van der Waals surface area contributed by atoms with Crippen LogP contribution in [-0.2, 0) is 14.4 Å². The second-order valence-corrected chi connectivity index (χ2v) is 8.64. The molecule has 0 saturated carbocycles. The summed E-state index contributed by atoms with van der Waals surface area (Å²) in [5, 5.41) is 8.54. The fourth-order valence-electron chi connectivity index (χ4n) is 4.45. The van der Waals surface area contributed by atoms with Gasteiger partial charge < -0.3 is 20.3 Å². The minimum Gasteiger partial charge on any atom is -0.493 e. The van der Waals surface area contributed by atoms with E-state index >= 15 is 0 Å². The zero-order valence-corrected chi connectivity index (χ0v) is 18.6. The number of amides is 2. The first-order valence-electron chi connectivity index (χ1n) is 9.60. The molecule has 2 aromatic rings. The number of methoxy groups -OCH3 is 1. The number of thioether (sulfide) groups is 1. The Hall–Kier alpha value is -3.50. The number of hydrogen-bond donors (Lipinski definition) is 2. The molecule has 170 valence electrons. The number of carboxylic acids is 1. The third-order valence-electron chi connectivity index (χ3n) is 5.82. The van der Waals surface area contributed by atoms with Gasteiger partial charge >= 0.3 is 11.9 Å². The molecule has 11 heteroatoms. The fraction of sp³-hybridized carbons (Fsp3) is 0.182. The van der Waals surface area contributed by atoms with Crippen LogP contribution in [0.5, 0.6) is 11.5 Å². The van der Waals surface area contributed by atoms with E-state index in [1.54, 1.807) is 18.2 Å².